The van der Waals surface area contributed by atoms with Gasteiger partial charge in [-0.3, -0.25) is 4.79 Å². The first-order chi connectivity index (χ1) is 9.11. The lowest BCUT2D eigenvalue weighted by Crippen LogP contribution is -2.30. The molecule has 1 aromatic rings. The van der Waals surface area contributed by atoms with Gasteiger partial charge in [-0.15, -0.1) is 0 Å². The number of aromatic nitrogens is 2. The fraction of sp³-hybridized carbons (Fsp3) is 0.714. The Morgan fingerprint density at radius 3 is 3.05 bits per heavy atom. The van der Waals surface area contributed by atoms with Crippen molar-refractivity contribution in [1.82, 2.24) is 9.78 Å². The molecule has 5 nitrogen and oxygen atoms in total. The van der Waals surface area contributed by atoms with Gasteiger partial charge in [-0.05, 0) is 31.2 Å². The van der Waals surface area contributed by atoms with Crippen LogP contribution in [0.25, 0.3) is 0 Å². The van der Waals surface area contributed by atoms with Crippen LogP contribution in [0.1, 0.15) is 33.1 Å². The molecule has 0 aliphatic heterocycles. The summed E-state index contributed by atoms with van der Waals surface area (Å²) in [5, 5.41) is 7.26. The number of nitrogens with zero attached hydrogens (tertiary/aromatic N) is 2. The first-order valence-corrected chi connectivity index (χ1v) is 7.14. The SMILES string of the molecule is CC(C)Cn1nccc1NC(=O)[C@@H]1CCC[C@@H]1CN. The van der Waals surface area contributed by atoms with Crippen molar-refractivity contribution in [3.63, 3.8) is 0 Å². The summed E-state index contributed by atoms with van der Waals surface area (Å²) in [5.74, 6) is 1.78. The maximum atomic E-state index is 12.3. The largest absolute Gasteiger partial charge is 0.330 e. The summed E-state index contributed by atoms with van der Waals surface area (Å²) in [4.78, 5) is 12.3. The topological polar surface area (TPSA) is 72.9 Å². The molecule has 0 saturated heterocycles. The van der Waals surface area contributed by atoms with Gasteiger partial charge in [0.15, 0.2) is 0 Å². The molecule has 1 aliphatic carbocycles. The van der Waals surface area contributed by atoms with Crippen LogP contribution in [0.5, 0.6) is 0 Å². The van der Waals surface area contributed by atoms with E-state index in [1.165, 1.54) is 0 Å². The van der Waals surface area contributed by atoms with E-state index in [0.717, 1.165) is 31.6 Å². The molecular formula is C14H24N4O. The highest BCUT2D eigenvalue weighted by Crippen LogP contribution is 2.31. The number of nitrogens with two attached hydrogens (primary N) is 1. The highest BCUT2D eigenvalue weighted by atomic mass is 16.2. The molecule has 1 heterocycles. The summed E-state index contributed by atoms with van der Waals surface area (Å²) >= 11 is 0. The van der Waals surface area contributed by atoms with Crippen LogP contribution in [0.4, 0.5) is 5.82 Å². The summed E-state index contributed by atoms with van der Waals surface area (Å²) in [6.07, 6.45) is 4.85. The van der Waals surface area contributed by atoms with Gasteiger partial charge in [0, 0.05) is 18.5 Å². The smallest absolute Gasteiger partial charge is 0.228 e. The third kappa shape index (κ3) is 3.35. The maximum Gasteiger partial charge on any atom is 0.228 e. The van der Waals surface area contributed by atoms with Crippen molar-refractivity contribution in [3.8, 4) is 0 Å². The summed E-state index contributed by atoms with van der Waals surface area (Å²) in [7, 11) is 0. The Morgan fingerprint density at radius 2 is 2.37 bits per heavy atom. The molecule has 0 radical (unpaired) electrons. The van der Waals surface area contributed by atoms with Crippen LogP contribution in [-0.4, -0.2) is 22.2 Å². The average Bonchev–Trinajstić information content (AvgIpc) is 2.97. The van der Waals surface area contributed by atoms with E-state index in [0.29, 0.717) is 18.4 Å². The van der Waals surface area contributed by atoms with Crippen LogP contribution in [-0.2, 0) is 11.3 Å². The molecule has 2 atom stereocenters. The van der Waals surface area contributed by atoms with Crippen molar-refractivity contribution < 1.29 is 4.79 Å². The lowest BCUT2D eigenvalue weighted by atomic mass is 9.95. The van der Waals surface area contributed by atoms with Gasteiger partial charge in [-0.1, -0.05) is 20.3 Å². The molecular weight excluding hydrogens is 240 g/mol. The second-order valence-electron chi connectivity index (χ2n) is 5.81. The number of amides is 1. The van der Waals surface area contributed by atoms with Gasteiger partial charge in [0.2, 0.25) is 5.91 Å². The van der Waals surface area contributed by atoms with Crippen LogP contribution in [0.15, 0.2) is 12.3 Å². The lowest BCUT2D eigenvalue weighted by Gasteiger charge is -2.18. The van der Waals surface area contributed by atoms with Gasteiger partial charge in [-0.25, -0.2) is 4.68 Å². The highest BCUT2D eigenvalue weighted by Gasteiger charge is 2.32. The van der Waals surface area contributed by atoms with Crippen molar-refractivity contribution in [2.45, 2.75) is 39.7 Å². The highest BCUT2D eigenvalue weighted by molar-refractivity contribution is 5.92. The molecule has 0 unspecified atom stereocenters. The minimum Gasteiger partial charge on any atom is -0.330 e. The van der Waals surface area contributed by atoms with Gasteiger partial charge in [0.1, 0.15) is 5.82 Å². The lowest BCUT2D eigenvalue weighted by molar-refractivity contribution is -0.120. The minimum atomic E-state index is 0.0624. The van der Waals surface area contributed by atoms with Crippen LogP contribution in [0.3, 0.4) is 0 Å². The van der Waals surface area contributed by atoms with E-state index >= 15 is 0 Å². The molecule has 1 aliphatic rings. The molecule has 3 N–H and O–H groups in total. The minimum absolute atomic E-state index is 0.0624. The fourth-order valence-corrected chi connectivity index (χ4v) is 2.81. The molecule has 19 heavy (non-hydrogen) atoms. The van der Waals surface area contributed by atoms with Gasteiger partial charge in [0.05, 0.1) is 6.20 Å². The van der Waals surface area contributed by atoms with Crippen molar-refractivity contribution in [2.24, 2.45) is 23.5 Å². The van der Waals surface area contributed by atoms with Crippen LogP contribution in [0, 0.1) is 17.8 Å². The Kier molecular flexibility index (Phi) is 4.58. The zero-order chi connectivity index (χ0) is 13.8. The standard InChI is InChI=1S/C14H24N4O/c1-10(2)9-18-13(6-7-16-18)17-14(19)12-5-3-4-11(12)8-15/h6-7,10-12H,3-5,8-9,15H2,1-2H3,(H,17,19)/t11-,12-/m1/s1. The number of rotatable bonds is 5. The Morgan fingerprint density at radius 1 is 1.58 bits per heavy atom. The normalized spacial score (nSPS) is 22.9. The number of carbonyl (C=O) groups excluding carboxylic acids is 1. The van der Waals surface area contributed by atoms with E-state index in [1.54, 1.807) is 6.20 Å². The van der Waals surface area contributed by atoms with Crippen LogP contribution >= 0.6 is 0 Å². The second kappa shape index (κ2) is 6.19. The monoisotopic (exact) mass is 264 g/mol. The number of nitrogens with one attached hydrogen (secondary N) is 1. The second-order valence-corrected chi connectivity index (χ2v) is 5.81. The Balaban J connectivity index is 2.00. The summed E-state index contributed by atoms with van der Waals surface area (Å²) in [6, 6.07) is 1.85. The first-order valence-electron chi connectivity index (χ1n) is 7.14. The average molecular weight is 264 g/mol. The Hall–Kier alpha value is -1.36. The van der Waals surface area contributed by atoms with Gasteiger partial charge in [0.25, 0.3) is 0 Å². The first kappa shape index (κ1) is 14.1. The van der Waals surface area contributed by atoms with E-state index < -0.39 is 0 Å². The molecule has 1 amide bonds. The van der Waals surface area contributed by atoms with E-state index in [9.17, 15) is 4.79 Å². The van der Waals surface area contributed by atoms with E-state index in [4.69, 9.17) is 5.73 Å². The third-order valence-corrected chi connectivity index (χ3v) is 3.80. The van der Waals surface area contributed by atoms with Crippen molar-refractivity contribution in [1.29, 1.82) is 0 Å². The number of hydrogen-bond acceptors (Lipinski definition) is 3. The molecule has 0 bridgehead atoms. The predicted octanol–water partition coefficient (Wildman–Crippen LogP) is 1.85. The quantitative estimate of drug-likeness (QED) is 0.852. The zero-order valence-electron chi connectivity index (χ0n) is 11.8. The molecule has 106 valence electrons. The van der Waals surface area contributed by atoms with Crippen molar-refractivity contribution in [3.05, 3.63) is 12.3 Å². The fourth-order valence-electron chi connectivity index (χ4n) is 2.81. The van der Waals surface area contributed by atoms with Gasteiger partial charge in [-0.2, -0.15) is 5.10 Å². The molecule has 2 rings (SSSR count). The summed E-state index contributed by atoms with van der Waals surface area (Å²) in [6.45, 7) is 5.68. The maximum absolute atomic E-state index is 12.3. The van der Waals surface area contributed by atoms with Crippen LogP contribution in [0.2, 0.25) is 0 Å². The van der Waals surface area contributed by atoms with Crippen molar-refractivity contribution in [2.75, 3.05) is 11.9 Å². The Bertz CT molecular complexity index is 427. The molecule has 5 heteroatoms. The summed E-state index contributed by atoms with van der Waals surface area (Å²) < 4.78 is 1.86. The Labute approximate surface area is 114 Å². The van der Waals surface area contributed by atoms with Gasteiger partial charge >= 0.3 is 0 Å². The van der Waals surface area contributed by atoms with Crippen molar-refractivity contribution >= 4 is 11.7 Å². The molecule has 1 fully saturated rings. The molecule has 0 spiro atoms. The third-order valence-electron chi connectivity index (χ3n) is 3.80. The molecule has 1 aromatic heterocycles. The number of carbonyl (C=O) groups is 1. The molecule has 1 saturated carbocycles. The van der Waals surface area contributed by atoms with E-state index in [2.05, 4.69) is 24.3 Å². The summed E-state index contributed by atoms with van der Waals surface area (Å²) in [5.41, 5.74) is 5.73. The zero-order valence-corrected chi connectivity index (χ0v) is 11.8. The molecule has 0 aromatic carbocycles. The predicted molar refractivity (Wildman–Crippen MR) is 75.6 cm³/mol. The number of hydrogen-bond donors (Lipinski definition) is 2. The number of anilines is 1. The van der Waals surface area contributed by atoms with E-state index in [-0.39, 0.29) is 11.8 Å². The van der Waals surface area contributed by atoms with Gasteiger partial charge < -0.3 is 11.1 Å². The van der Waals surface area contributed by atoms with E-state index in [1.807, 2.05) is 10.7 Å². The van der Waals surface area contributed by atoms with Crippen LogP contribution < -0.4 is 11.1 Å².